The number of ether oxygens (including phenoxy) is 3. The van der Waals surface area contributed by atoms with Crippen LogP contribution in [0.15, 0.2) is 73.1 Å². The number of pyridine rings is 2. The molecule has 0 bridgehead atoms. The number of hydrogen-bond acceptors (Lipinski definition) is 8. The van der Waals surface area contributed by atoms with Crippen LogP contribution in [0.3, 0.4) is 0 Å². The van der Waals surface area contributed by atoms with Gasteiger partial charge in [0.05, 0.1) is 44.4 Å². The number of hydrogen-bond donors (Lipinski definition) is 0. The van der Waals surface area contributed by atoms with Crippen LogP contribution in [-0.4, -0.2) is 34.5 Å². The number of unbranched alkanes of at least 4 members (excludes halogenated alkanes) is 2. The van der Waals surface area contributed by atoms with E-state index < -0.39 is 17.9 Å². The van der Waals surface area contributed by atoms with E-state index in [1.807, 2.05) is 6.92 Å². The largest absolute Gasteiger partial charge is 0.462 e. The highest BCUT2D eigenvalue weighted by atomic mass is 35.5. The second-order valence-electron chi connectivity index (χ2n) is 12.5. The molecule has 53 heavy (non-hydrogen) atoms. The van der Waals surface area contributed by atoms with Crippen molar-refractivity contribution in [3.63, 3.8) is 0 Å². The maximum absolute atomic E-state index is 14.0. The van der Waals surface area contributed by atoms with Crippen molar-refractivity contribution in [3.05, 3.63) is 115 Å². The van der Waals surface area contributed by atoms with Gasteiger partial charge in [-0.05, 0) is 73.4 Å². The normalized spacial score (nSPS) is 11.5. The SMILES string of the molecule is CCCCOC(=O)c1cnc2c3ccc(C(=O)Oc4ccc(Cl)cc4Cl)c4c(CCCC)cnc(c5ccc(C(=O)Oc6ccc(Cl)cc6Cl)c1c52)c43. The minimum absolute atomic E-state index is 0.0927. The summed E-state index contributed by atoms with van der Waals surface area (Å²) in [5.41, 5.74) is 2.41. The molecule has 0 aliphatic rings. The van der Waals surface area contributed by atoms with Crippen LogP contribution < -0.4 is 9.47 Å². The third kappa shape index (κ3) is 6.93. The van der Waals surface area contributed by atoms with E-state index in [1.165, 1.54) is 24.4 Å². The van der Waals surface area contributed by atoms with E-state index in [2.05, 4.69) is 6.92 Å². The first-order valence-electron chi connectivity index (χ1n) is 17.0. The zero-order valence-corrected chi connectivity index (χ0v) is 31.6. The molecule has 7 rings (SSSR count). The Balaban J connectivity index is 1.48. The van der Waals surface area contributed by atoms with Crippen molar-refractivity contribution in [1.29, 1.82) is 0 Å². The summed E-state index contributed by atoms with van der Waals surface area (Å²) in [4.78, 5) is 51.3. The second kappa shape index (κ2) is 15.3. The van der Waals surface area contributed by atoms with Gasteiger partial charge in [0.25, 0.3) is 0 Å². The predicted octanol–water partition coefficient (Wildman–Crippen LogP) is 11.9. The Morgan fingerprint density at radius 1 is 0.585 bits per heavy atom. The molecule has 0 N–H and O–H groups in total. The molecule has 0 spiro atoms. The smallest absolute Gasteiger partial charge is 0.344 e. The van der Waals surface area contributed by atoms with E-state index in [0.717, 1.165) is 24.8 Å². The molecule has 268 valence electrons. The zero-order chi connectivity index (χ0) is 37.4. The number of fused-ring (bicyclic) bond motifs is 2. The number of rotatable bonds is 11. The van der Waals surface area contributed by atoms with Gasteiger partial charge in [-0.2, -0.15) is 0 Å². The lowest BCUT2D eigenvalue weighted by molar-refractivity contribution is 0.0501. The van der Waals surface area contributed by atoms with Crippen LogP contribution in [0, 0.1) is 0 Å². The first kappa shape index (κ1) is 36.6. The van der Waals surface area contributed by atoms with Gasteiger partial charge in [-0.3, -0.25) is 9.97 Å². The van der Waals surface area contributed by atoms with Crippen LogP contribution in [0.2, 0.25) is 20.1 Å². The molecular formula is C41H30Cl4N2O6. The van der Waals surface area contributed by atoms with Crippen LogP contribution in [-0.2, 0) is 11.2 Å². The summed E-state index contributed by atoms with van der Waals surface area (Å²) < 4.78 is 17.2. The number of aryl methyl sites for hydroxylation is 1. The van der Waals surface area contributed by atoms with E-state index in [9.17, 15) is 14.4 Å². The summed E-state index contributed by atoms with van der Waals surface area (Å²) in [7, 11) is 0. The number of halogens is 4. The Kier molecular flexibility index (Phi) is 10.6. The number of esters is 3. The number of nitrogens with zero attached hydrogens (tertiary/aromatic N) is 2. The number of benzene rings is 5. The summed E-state index contributed by atoms with van der Waals surface area (Å²) >= 11 is 24.9. The minimum Gasteiger partial charge on any atom is -0.462 e. The maximum atomic E-state index is 14.0. The van der Waals surface area contributed by atoms with Gasteiger partial charge in [0, 0.05) is 54.8 Å². The van der Waals surface area contributed by atoms with E-state index in [-0.39, 0.29) is 39.3 Å². The molecule has 0 aliphatic heterocycles. The minimum atomic E-state index is -0.752. The van der Waals surface area contributed by atoms with Crippen LogP contribution in [0.25, 0.3) is 43.4 Å². The van der Waals surface area contributed by atoms with Crippen LogP contribution in [0.4, 0.5) is 0 Å². The summed E-state index contributed by atoms with van der Waals surface area (Å²) in [6.07, 6.45) is 7.10. The van der Waals surface area contributed by atoms with Crippen molar-refractivity contribution in [2.75, 3.05) is 6.61 Å². The summed E-state index contributed by atoms with van der Waals surface area (Å²) in [6.45, 7) is 4.28. The van der Waals surface area contributed by atoms with Gasteiger partial charge in [0.15, 0.2) is 0 Å². The van der Waals surface area contributed by atoms with Gasteiger partial charge in [0.2, 0.25) is 0 Å². The van der Waals surface area contributed by atoms with Gasteiger partial charge in [0.1, 0.15) is 11.5 Å². The fourth-order valence-corrected chi connectivity index (χ4v) is 7.40. The number of carbonyl (C=O) groups excluding carboxylic acids is 3. The number of aromatic nitrogens is 2. The Bertz CT molecular complexity index is 2570. The molecule has 2 heterocycles. The van der Waals surface area contributed by atoms with Gasteiger partial charge in [-0.15, -0.1) is 0 Å². The van der Waals surface area contributed by atoms with E-state index in [4.69, 9.17) is 70.6 Å². The van der Waals surface area contributed by atoms with Crippen molar-refractivity contribution < 1.29 is 28.6 Å². The first-order chi connectivity index (χ1) is 25.6. The lowest BCUT2D eigenvalue weighted by Crippen LogP contribution is -2.14. The standard InChI is InChI=1S/C41H30Cl4N2O6/c1-3-5-7-21-19-46-37-25-11-13-27(41(50)53-32-15-9-23(43)18-30(32)45)34-28(39(48)51-16-6-4-2)20-47-38(36(25)34)24-10-12-26(33(21)35(24)37)40(49)52-31-14-8-22(42)17-29(31)44/h8-15,17-20H,3-7,16H2,1-2H3. The summed E-state index contributed by atoms with van der Waals surface area (Å²) in [5.74, 6) is -1.72. The van der Waals surface area contributed by atoms with E-state index in [0.29, 0.717) is 71.8 Å². The highest BCUT2D eigenvalue weighted by Crippen LogP contribution is 2.43. The molecule has 0 fully saturated rings. The average Bonchev–Trinajstić information content (AvgIpc) is 3.14. The van der Waals surface area contributed by atoms with Gasteiger partial charge in [-0.1, -0.05) is 85.2 Å². The molecule has 12 heteroatoms. The van der Waals surface area contributed by atoms with Crippen LogP contribution >= 0.6 is 46.4 Å². The molecule has 0 radical (unpaired) electrons. The van der Waals surface area contributed by atoms with Crippen LogP contribution in [0.1, 0.15) is 76.2 Å². The van der Waals surface area contributed by atoms with Gasteiger partial charge >= 0.3 is 17.9 Å². The highest BCUT2D eigenvalue weighted by molar-refractivity contribution is 6.37. The Hall–Kier alpha value is -4.73. The molecule has 0 aliphatic carbocycles. The van der Waals surface area contributed by atoms with E-state index >= 15 is 0 Å². The Morgan fingerprint density at radius 3 is 1.66 bits per heavy atom. The average molecular weight is 789 g/mol. The van der Waals surface area contributed by atoms with Crippen molar-refractivity contribution in [3.8, 4) is 11.5 Å². The molecule has 2 aromatic heterocycles. The van der Waals surface area contributed by atoms with Crippen molar-refractivity contribution in [2.45, 2.75) is 46.0 Å². The van der Waals surface area contributed by atoms with E-state index in [1.54, 1.807) is 48.7 Å². The first-order valence-corrected chi connectivity index (χ1v) is 18.5. The molecule has 0 saturated heterocycles. The molecule has 0 amide bonds. The van der Waals surface area contributed by atoms with Crippen molar-refractivity contribution >= 4 is 108 Å². The summed E-state index contributed by atoms with van der Waals surface area (Å²) in [5, 5.41) is 4.56. The molecule has 5 aromatic carbocycles. The fourth-order valence-electron chi connectivity index (χ4n) is 6.51. The van der Waals surface area contributed by atoms with Gasteiger partial charge in [-0.25, -0.2) is 14.4 Å². The lowest BCUT2D eigenvalue weighted by atomic mass is 9.88. The molecule has 0 saturated carbocycles. The summed E-state index contributed by atoms with van der Waals surface area (Å²) in [6, 6.07) is 16.0. The Morgan fingerprint density at radius 2 is 1.11 bits per heavy atom. The zero-order valence-electron chi connectivity index (χ0n) is 28.5. The topological polar surface area (TPSA) is 105 Å². The third-order valence-corrected chi connectivity index (χ3v) is 10.1. The van der Waals surface area contributed by atoms with Crippen molar-refractivity contribution in [2.24, 2.45) is 0 Å². The van der Waals surface area contributed by atoms with Crippen molar-refractivity contribution in [1.82, 2.24) is 9.97 Å². The third-order valence-electron chi connectivity index (χ3n) is 9.04. The highest BCUT2D eigenvalue weighted by Gasteiger charge is 2.28. The molecule has 7 aromatic rings. The second-order valence-corrected chi connectivity index (χ2v) is 14.2. The lowest BCUT2D eigenvalue weighted by Gasteiger charge is -2.19. The quantitative estimate of drug-likeness (QED) is 0.0419. The maximum Gasteiger partial charge on any atom is 0.344 e. The van der Waals surface area contributed by atoms with Gasteiger partial charge < -0.3 is 14.2 Å². The molecule has 0 unspecified atom stereocenters. The molecule has 0 atom stereocenters. The predicted molar refractivity (Wildman–Crippen MR) is 210 cm³/mol. The Labute approximate surface area is 324 Å². The fraction of sp³-hybridized carbons (Fsp3) is 0.195. The number of carbonyl (C=O) groups is 3. The monoisotopic (exact) mass is 786 g/mol. The van der Waals surface area contributed by atoms with Crippen LogP contribution in [0.5, 0.6) is 11.5 Å². The molecular weight excluding hydrogens is 758 g/mol. The molecule has 8 nitrogen and oxygen atoms in total.